The zero-order valence-electron chi connectivity index (χ0n) is 18.7. The molecule has 4 aromatic carbocycles. The van der Waals surface area contributed by atoms with E-state index in [2.05, 4.69) is 0 Å². The summed E-state index contributed by atoms with van der Waals surface area (Å²) < 4.78 is 52.8. The Hall–Kier alpha value is -2.65. The van der Waals surface area contributed by atoms with Crippen molar-refractivity contribution in [3.8, 4) is 0 Å². The second kappa shape index (κ2) is 7.99. The van der Waals surface area contributed by atoms with Crippen LogP contribution in [0.25, 0.3) is 21.5 Å². The van der Waals surface area contributed by atoms with Crippen molar-refractivity contribution in [2.24, 2.45) is 0 Å². The zero-order valence-corrected chi connectivity index (χ0v) is 21.0. The predicted molar refractivity (Wildman–Crippen MR) is 136 cm³/mol. The van der Waals surface area contributed by atoms with E-state index in [0.29, 0.717) is 16.2 Å². The highest BCUT2D eigenvalue weighted by Gasteiger charge is 2.42. The second-order valence-corrected chi connectivity index (χ2v) is 13.2. The van der Waals surface area contributed by atoms with Crippen LogP contribution in [0.2, 0.25) is 0 Å². The number of anilines is 1. The fourth-order valence-corrected chi connectivity index (χ4v) is 7.31. The van der Waals surface area contributed by atoms with Gasteiger partial charge in [0.25, 0.3) is 9.05 Å². The first-order chi connectivity index (χ1) is 15.4. The molecule has 0 heterocycles. The molecule has 6 nitrogen and oxygen atoms in total. The second-order valence-electron chi connectivity index (χ2n) is 8.42. The molecule has 0 amide bonds. The molecule has 0 bridgehead atoms. The van der Waals surface area contributed by atoms with Crippen LogP contribution >= 0.6 is 10.7 Å². The molecule has 0 fully saturated rings. The van der Waals surface area contributed by atoms with Gasteiger partial charge in [0.1, 0.15) is 4.90 Å². The molecule has 172 valence electrons. The number of hydrogen-bond donors (Lipinski definition) is 0. The Labute approximate surface area is 198 Å². The molecule has 33 heavy (non-hydrogen) atoms. The Bertz CT molecular complexity index is 1610. The van der Waals surface area contributed by atoms with Crippen LogP contribution in [-0.4, -0.2) is 45.0 Å². The fraction of sp³-hybridized carbons (Fsp3) is 0.167. The lowest BCUT2D eigenvalue weighted by molar-refractivity contribution is 0.509. The van der Waals surface area contributed by atoms with Crippen molar-refractivity contribution in [3.05, 3.63) is 72.8 Å². The molecule has 0 spiro atoms. The summed E-state index contributed by atoms with van der Waals surface area (Å²) in [6.45, 7) is 0. The lowest BCUT2D eigenvalue weighted by Gasteiger charge is -2.30. The van der Waals surface area contributed by atoms with E-state index in [1.54, 1.807) is 54.6 Å². The summed E-state index contributed by atoms with van der Waals surface area (Å²) in [5.41, 5.74) is 0.953. The van der Waals surface area contributed by atoms with Crippen LogP contribution < -0.4 is 8.79 Å². The van der Waals surface area contributed by atoms with Crippen molar-refractivity contribution >= 4 is 62.7 Å². The average molecular weight is 504 g/mol. The number of nitrogens with zero attached hydrogens (tertiary/aromatic N) is 2. The van der Waals surface area contributed by atoms with Gasteiger partial charge in [-0.3, -0.25) is 0 Å². The maximum Gasteiger partial charge on any atom is 0.332 e. The molecule has 0 saturated carbocycles. The number of halogens is 1. The molecule has 0 aromatic heterocycles. The summed E-state index contributed by atoms with van der Waals surface area (Å²) in [5, 5.41) is 2.37. The van der Waals surface area contributed by atoms with Crippen LogP contribution in [0.4, 0.5) is 11.4 Å². The normalized spacial score (nSPS) is 12.9. The van der Waals surface area contributed by atoms with Crippen molar-refractivity contribution in [2.75, 3.05) is 33.1 Å². The maximum atomic E-state index is 14.1. The molecule has 0 aliphatic rings. The van der Waals surface area contributed by atoms with Gasteiger partial charge < -0.3 is 4.90 Å². The van der Waals surface area contributed by atoms with E-state index in [0.717, 1.165) is 11.1 Å². The monoisotopic (exact) mass is 503 g/mol. The van der Waals surface area contributed by atoms with Gasteiger partial charge in [-0.1, -0.05) is 48.5 Å². The van der Waals surface area contributed by atoms with Crippen LogP contribution in [0.15, 0.2) is 82.6 Å². The van der Waals surface area contributed by atoms with E-state index in [-0.39, 0.29) is 15.5 Å². The van der Waals surface area contributed by atoms with Crippen LogP contribution in [0, 0.1) is 0 Å². The van der Waals surface area contributed by atoms with Gasteiger partial charge in [0.05, 0.1) is 14.1 Å². The summed E-state index contributed by atoms with van der Waals surface area (Å²) in [4.78, 5) is 1.82. The molecular formula is C24H24ClN2O4S2+. The number of hydrogen-bond acceptors (Lipinski definition) is 5. The first kappa shape index (κ1) is 23.5. The molecule has 4 aromatic rings. The van der Waals surface area contributed by atoms with Crippen molar-refractivity contribution in [3.63, 3.8) is 0 Å². The molecule has 0 radical (unpaired) electrons. The number of fused-ring (bicyclic) bond motifs is 2. The molecular weight excluding hydrogens is 480 g/mol. The first-order valence-corrected chi connectivity index (χ1v) is 13.9. The van der Waals surface area contributed by atoms with Crippen LogP contribution in [0.1, 0.15) is 0 Å². The smallest absolute Gasteiger partial charge is 0.332 e. The SMILES string of the molecule is CN(C)c1cccc2c(S(=O)(=O)[N+](C)(C)c3ccc4ccccc4c3S(=O)(=O)Cl)cccc12. The summed E-state index contributed by atoms with van der Waals surface area (Å²) in [6.07, 6.45) is 0. The minimum Gasteiger partial charge on any atom is -0.377 e. The van der Waals surface area contributed by atoms with Gasteiger partial charge >= 0.3 is 10.0 Å². The minimum atomic E-state index is -4.26. The first-order valence-electron chi connectivity index (χ1n) is 10.1. The Morgan fingerprint density at radius 1 is 0.727 bits per heavy atom. The van der Waals surface area contributed by atoms with E-state index in [4.69, 9.17) is 10.7 Å². The Balaban J connectivity index is 2.05. The molecule has 0 aliphatic heterocycles. The van der Waals surface area contributed by atoms with Crippen molar-refractivity contribution in [1.29, 1.82) is 0 Å². The average Bonchev–Trinajstić information content (AvgIpc) is 2.76. The third-order valence-electron chi connectivity index (χ3n) is 5.90. The van der Waals surface area contributed by atoms with Gasteiger partial charge in [0.2, 0.25) is 0 Å². The fourth-order valence-electron chi connectivity index (χ4n) is 4.17. The number of benzene rings is 4. The van der Waals surface area contributed by atoms with Gasteiger partial charge in [0.15, 0.2) is 10.6 Å². The molecule has 0 atom stereocenters. The number of rotatable bonds is 5. The van der Waals surface area contributed by atoms with Gasteiger partial charge in [-0.15, -0.1) is 0 Å². The molecule has 0 unspecified atom stereocenters. The van der Waals surface area contributed by atoms with Crippen LogP contribution in [0.5, 0.6) is 0 Å². The minimum absolute atomic E-state index is 0.0736. The van der Waals surface area contributed by atoms with Crippen molar-refractivity contribution in [2.45, 2.75) is 9.79 Å². The van der Waals surface area contributed by atoms with Gasteiger partial charge in [-0.25, -0.2) is 8.42 Å². The number of quaternary nitrogens is 1. The zero-order chi connectivity index (χ0) is 24.2. The Morgan fingerprint density at radius 3 is 2.00 bits per heavy atom. The molecule has 0 N–H and O–H groups in total. The summed E-state index contributed by atoms with van der Waals surface area (Å²) in [6, 6.07) is 20.7. The predicted octanol–water partition coefficient (Wildman–Crippen LogP) is 4.94. The van der Waals surface area contributed by atoms with Crippen molar-refractivity contribution in [1.82, 2.24) is 3.89 Å². The lowest BCUT2D eigenvalue weighted by Crippen LogP contribution is -2.47. The molecule has 0 aliphatic carbocycles. The van der Waals surface area contributed by atoms with E-state index < -0.39 is 23.0 Å². The van der Waals surface area contributed by atoms with Crippen molar-refractivity contribution < 1.29 is 16.8 Å². The Kier molecular flexibility index (Phi) is 5.69. The number of sulfonamides is 1. The van der Waals surface area contributed by atoms with Gasteiger partial charge in [-0.05, 0) is 23.6 Å². The quantitative estimate of drug-likeness (QED) is 0.285. The standard InChI is InChI=1S/C24H24ClN2O4S2/c1-26(2)21-13-7-12-20-19(21)11-8-14-23(20)33(30,31)27(3,4)22-16-15-17-9-5-6-10-18(17)24(22)32(25,28)29/h5-16H,1-4H3/q+1. The molecule has 0 saturated heterocycles. The highest BCUT2D eigenvalue weighted by atomic mass is 35.7. The molecule has 4 rings (SSSR count). The maximum absolute atomic E-state index is 14.1. The van der Waals surface area contributed by atoms with E-state index >= 15 is 0 Å². The third-order valence-corrected chi connectivity index (χ3v) is 9.59. The van der Waals surface area contributed by atoms with Gasteiger partial charge in [0, 0.05) is 52.7 Å². The Morgan fingerprint density at radius 2 is 1.33 bits per heavy atom. The molecule has 9 heteroatoms. The van der Waals surface area contributed by atoms with Gasteiger partial charge in [-0.2, -0.15) is 12.3 Å². The van der Waals surface area contributed by atoms with Crippen LogP contribution in [-0.2, 0) is 19.1 Å². The highest BCUT2D eigenvalue weighted by molar-refractivity contribution is 8.14. The third kappa shape index (κ3) is 3.77. The largest absolute Gasteiger partial charge is 0.377 e. The van der Waals surface area contributed by atoms with E-state index in [1.165, 1.54) is 20.2 Å². The van der Waals surface area contributed by atoms with E-state index in [9.17, 15) is 16.8 Å². The lowest BCUT2D eigenvalue weighted by atomic mass is 10.1. The summed E-state index contributed by atoms with van der Waals surface area (Å²) in [5.74, 6) is 0. The van der Waals surface area contributed by atoms with Crippen LogP contribution in [0.3, 0.4) is 0 Å². The summed E-state index contributed by atoms with van der Waals surface area (Å²) in [7, 11) is 4.18. The summed E-state index contributed by atoms with van der Waals surface area (Å²) >= 11 is 0. The van der Waals surface area contributed by atoms with E-state index in [1.807, 2.05) is 31.1 Å². The highest BCUT2D eigenvalue weighted by Crippen LogP contribution is 2.41. The topological polar surface area (TPSA) is 71.5 Å².